The van der Waals surface area contributed by atoms with Crippen LogP contribution in [0.25, 0.3) is 11.4 Å². The number of para-hydroxylation sites is 1. The van der Waals surface area contributed by atoms with Crippen molar-refractivity contribution in [2.75, 3.05) is 5.32 Å². The molecule has 0 amide bonds. The highest BCUT2D eigenvalue weighted by molar-refractivity contribution is 5.61. The van der Waals surface area contributed by atoms with Gasteiger partial charge in [0.25, 0.3) is 0 Å². The molecule has 122 valence electrons. The third-order valence-corrected chi connectivity index (χ3v) is 3.07. The van der Waals surface area contributed by atoms with Crippen LogP contribution in [-0.4, -0.2) is 15.0 Å². The summed E-state index contributed by atoms with van der Waals surface area (Å²) in [7, 11) is 0. The minimum Gasteiger partial charge on any atom is -0.338 e. The zero-order chi connectivity index (χ0) is 17.2. The minimum atomic E-state index is -4.66. The summed E-state index contributed by atoms with van der Waals surface area (Å²) in [5.74, 6) is -0.925. The third-order valence-electron chi connectivity index (χ3n) is 3.07. The normalized spacial score (nSPS) is 11.3. The quantitative estimate of drug-likeness (QED) is 0.720. The number of hydrogen-bond acceptors (Lipinski definition) is 4. The predicted molar refractivity (Wildman–Crippen MR) is 79.9 cm³/mol. The SMILES string of the molecule is Fc1ccccc1Nc1cc(C(F)(F)F)nc(-c2cccnc2)n1. The molecule has 0 bridgehead atoms. The van der Waals surface area contributed by atoms with Gasteiger partial charge in [-0.05, 0) is 24.3 Å². The van der Waals surface area contributed by atoms with Crippen LogP contribution in [0.5, 0.6) is 0 Å². The van der Waals surface area contributed by atoms with Crippen molar-refractivity contribution in [3.8, 4) is 11.4 Å². The van der Waals surface area contributed by atoms with Crippen molar-refractivity contribution in [1.82, 2.24) is 15.0 Å². The fourth-order valence-corrected chi connectivity index (χ4v) is 1.98. The number of anilines is 2. The van der Waals surface area contributed by atoms with E-state index in [4.69, 9.17) is 0 Å². The Hall–Kier alpha value is -3.03. The van der Waals surface area contributed by atoms with Gasteiger partial charge in [0, 0.05) is 24.0 Å². The van der Waals surface area contributed by atoms with E-state index in [1.807, 2.05) is 0 Å². The lowest BCUT2D eigenvalue weighted by Gasteiger charge is -2.12. The standard InChI is InChI=1S/C16H10F4N4/c17-11-5-1-2-6-12(11)22-14-8-13(16(18,19)20)23-15(24-14)10-4-3-7-21-9-10/h1-9H,(H,22,23,24). The van der Waals surface area contributed by atoms with Gasteiger partial charge in [-0.25, -0.2) is 14.4 Å². The second kappa shape index (κ2) is 6.23. The first-order chi connectivity index (χ1) is 11.4. The summed E-state index contributed by atoms with van der Waals surface area (Å²) in [6.07, 6.45) is -1.83. The van der Waals surface area contributed by atoms with Gasteiger partial charge in [-0.3, -0.25) is 4.98 Å². The van der Waals surface area contributed by atoms with E-state index in [1.54, 1.807) is 12.1 Å². The fraction of sp³-hybridized carbons (Fsp3) is 0.0625. The lowest BCUT2D eigenvalue weighted by atomic mass is 10.2. The number of nitrogens with one attached hydrogen (secondary N) is 1. The number of alkyl halides is 3. The van der Waals surface area contributed by atoms with E-state index >= 15 is 0 Å². The maximum atomic E-state index is 13.7. The van der Waals surface area contributed by atoms with Gasteiger partial charge < -0.3 is 5.32 Å². The molecule has 8 heteroatoms. The van der Waals surface area contributed by atoms with Crippen LogP contribution in [0.1, 0.15) is 5.69 Å². The molecule has 1 N–H and O–H groups in total. The van der Waals surface area contributed by atoms with Crippen LogP contribution in [0.2, 0.25) is 0 Å². The van der Waals surface area contributed by atoms with E-state index < -0.39 is 17.7 Å². The zero-order valence-corrected chi connectivity index (χ0v) is 12.0. The highest BCUT2D eigenvalue weighted by Crippen LogP contribution is 2.31. The minimum absolute atomic E-state index is 0.0152. The van der Waals surface area contributed by atoms with Crippen LogP contribution in [0.4, 0.5) is 29.1 Å². The number of aromatic nitrogens is 3. The molecule has 3 rings (SSSR count). The molecule has 2 heterocycles. The van der Waals surface area contributed by atoms with Crippen molar-refractivity contribution in [1.29, 1.82) is 0 Å². The third kappa shape index (κ3) is 3.48. The highest BCUT2D eigenvalue weighted by Gasteiger charge is 2.34. The number of hydrogen-bond donors (Lipinski definition) is 1. The fourth-order valence-electron chi connectivity index (χ4n) is 1.98. The summed E-state index contributed by atoms with van der Waals surface area (Å²) in [5.41, 5.74) is -0.795. The van der Waals surface area contributed by atoms with E-state index in [0.717, 1.165) is 6.07 Å². The number of halogens is 4. The van der Waals surface area contributed by atoms with E-state index in [9.17, 15) is 17.6 Å². The molecule has 4 nitrogen and oxygen atoms in total. The molecule has 3 aromatic rings. The Morgan fingerprint density at radius 1 is 0.958 bits per heavy atom. The Balaban J connectivity index is 2.07. The molecule has 0 atom stereocenters. The average Bonchev–Trinajstić information content (AvgIpc) is 2.57. The van der Waals surface area contributed by atoms with Crippen molar-refractivity contribution in [2.45, 2.75) is 6.18 Å². The van der Waals surface area contributed by atoms with Crippen LogP contribution in [0.3, 0.4) is 0 Å². The molecule has 2 aromatic heterocycles. The number of nitrogens with zero attached hydrogens (tertiary/aromatic N) is 3. The lowest BCUT2D eigenvalue weighted by molar-refractivity contribution is -0.141. The Morgan fingerprint density at radius 3 is 2.42 bits per heavy atom. The Morgan fingerprint density at radius 2 is 1.75 bits per heavy atom. The lowest BCUT2D eigenvalue weighted by Crippen LogP contribution is -2.11. The first kappa shape index (κ1) is 15.9. The Labute approximate surface area is 134 Å². The van der Waals surface area contributed by atoms with Crippen LogP contribution < -0.4 is 5.32 Å². The van der Waals surface area contributed by atoms with E-state index in [-0.39, 0.29) is 17.3 Å². The maximum Gasteiger partial charge on any atom is 0.433 e. The van der Waals surface area contributed by atoms with E-state index in [2.05, 4.69) is 20.3 Å². The molecule has 0 radical (unpaired) electrons. The van der Waals surface area contributed by atoms with Gasteiger partial charge in [0.15, 0.2) is 11.5 Å². The first-order valence-electron chi connectivity index (χ1n) is 6.82. The molecular weight excluding hydrogens is 324 g/mol. The van der Waals surface area contributed by atoms with Gasteiger partial charge in [0.1, 0.15) is 11.6 Å². The molecule has 0 spiro atoms. The maximum absolute atomic E-state index is 13.7. The van der Waals surface area contributed by atoms with Crippen molar-refractivity contribution < 1.29 is 17.6 Å². The molecule has 0 aliphatic heterocycles. The monoisotopic (exact) mass is 334 g/mol. The molecule has 0 aliphatic rings. The first-order valence-corrected chi connectivity index (χ1v) is 6.82. The van der Waals surface area contributed by atoms with Crippen LogP contribution in [0, 0.1) is 5.82 Å². The number of rotatable bonds is 3. The Kier molecular flexibility index (Phi) is 4.11. The number of benzene rings is 1. The van der Waals surface area contributed by atoms with Gasteiger partial charge in [-0.2, -0.15) is 13.2 Å². The molecule has 0 aliphatic carbocycles. The van der Waals surface area contributed by atoms with Gasteiger partial charge in [0.05, 0.1) is 5.69 Å². The molecule has 1 aromatic carbocycles. The predicted octanol–water partition coefficient (Wildman–Crippen LogP) is 4.44. The van der Waals surface area contributed by atoms with Crippen molar-refractivity contribution >= 4 is 11.5 Å². The summed E-state index contributed by atoms with van der Waals surface area (Å²) in [6, 6.07) is 9.44. The molecule has 0 fully saturated rings. The van der Waals surface area contributed by atoms with Gasteiger partial charge in [-0.1, -0.05) is 12.1 Å². The summed E-state index contributed by atoms with van der Waals surface area (Å²) in [6.45, 7) is 0. The summed E-state index contributed by atoms with van der Waals surface area (Å²) < 4.78 is 52.9. The van der Waals surface area contributed by atoms with Gasteiger partial charge in [0.2, 0.25) is 0 Å². The number of pyridine rings is 1. The summed E-state index contributed by atoms with van der Waals surface area (Å²) in [5, 5.41) is 2.55. The van der Waals surface area contributed by atoms with Crippen LogP contribution in [-0.2, 0) is 6.18 Å². The van der Waals surface area contributed by atoms with Crippen molar-refractivity contribution in [3.05, 3.63) is 66.4 Å². The van der Waals surface area contributed by atoms with Crippen LogP contribution >= 0.6 is 0 Å². The highest BCUT2D eigenvalue weighted by atomic mass is 19.4. The molecule has 24 heavy (non-hydrogen) atoms. The average molecular weight is 334 g/mol. The van der Waals surface area contributed by atoms with Gasteiger partial charge >= 0.3 is 6.18 Å². The van der Waals surface area contributed by atoms with Crippen molar-refractivity contribution in [2.24, 2.45) is 0 Å². The topological polar surface area (TPSA) is 50.7 Å². The largest absolute Gasteiger partial charge is 0.433 e. The van der Waals surface area contributed by atoms with Crippen LogP contribution in [0.15, 0.2) is 54.9 Å². The second-order valence-corrected chi connectivity index (χ2v) is 4.81. The van der Waals surface area contributed by atoms with E-state index in [0.29, 0.717) is 5.56 Å². The zero-order valence-electron chi connectivity index (χ0n) is 12.0. The van der Waals surface area contributed by atoms with Gasteiger partial charge in [-0.15, -0.1) is 0 Å². The molecule has 0 unspecified atom stereocenters. The second-order valence-electron chi connectivity index (χ2n) is 4.81. The molecular formula is C16H10F4N4. The van der Waals surface area contributed by atoms with Crippen molar-refractivity contribution in [3.63, 3.8) is 0 Å². The molecule has 0 saturated carbocycles. The summed E-state index contributed by atoms with van der Waals surface area (Å²) >= 11 is 0. The van der Waals surface area contributed by atoms with E-state index in [1.165, 1.54) is 36.7 Å². The smallest absolute Gasteiger partial charge is 0.338 e. The Bertz CT molecular complexity index is 850. The molecule has 0 saturated heterocycles. The summed E-state index contributed by atoms with van der Waals surface area (Å²) in [4.78, 5) is 11.4.